The molecule has 2 amide bonds. The topological polar surface area (TPSA) is 77.2 Å². The molecule has 0 atom stereocenters. The summed E-state index contributed by atoms with van der Waals surface area (Å²) in [6.07, 6.45) is 4.54. The van der Waals surface area contributed by atoms with Gasteiger partial charge in [0.25, 0.3) is 0 Å². The number of carbonyl (C=O) groups excluding carboxylic acids is 2. The predicted octanol–water partition coefficient (Wildman–Crippen LogP) is 3.07. The fourth-order valence-corrected chi connectivity index (χ4v) is 3.63. The van der Waals surface area contributed by atoms with Crippen LogP contribution in [0.2, 0.25) is 0 Å². The Morgan fingerprint density at radius 3 is 2.50 bits per heavy atom. The third-order valence-electron chi connectivity index (χ3n) is 5.09. The van der Waals surface area contributed by atoms with Gasteiger partial charge in [-0.05, 0) is 48.7 Å². The van der Waals surface area contributed by atoms with Crippen LogP contribution in [0.25, 0.3) is 10.9 Å². The van der Waals surface area contributed by atoms with Gasteiger partial charge in [0.1, 0.15) is 0 Å². The van der Waals surface area contributed by atoms with Crippen molar-refractivity contribution in [2.24, 2.45) is 0 Å². The van der Waals surface area contributed by atoms with Crippen LogP contribution >= 0.6 is 0 Å². The van der Waals surface area contributed by atoms with Crippen LogP contribution in [0.15, 0.2) is 54.7 Å². The van der Waals surface area contributed by atoms with Crippen molar-refractivity contribution in [3.05, 3.63) is 60.3 Å². The summed E-state index contributed by atoms with van der Waals surface area (Å²) in [5.74, 6) is -0.412. The van der Waals surface area contributed by atoms with E-state index >= 15 is 0 Å². The molecule has 28 heavy (non-hydrogen) atoms. The molecule has 144 valence electrons. The van der Waals surface area contributed by atoms with E-state index in [0.29, 0.717) is 0 Å². The molecule has 0 bridgehead atoms. The highest BCUT2D eigenvalue weighted by molar-refractivity contribution is 5.95. The van der Waals surface area contributed by atoms with E-state index < -0.39 is 0 Å². The number of rotatable bonds is 6. The molecule has 3 N–H and O–H groups in total. The number of hydrogen-bond acceptors (Lipinski definition) is 3. The summed E-state index contributed by atoms with van der Waals surface area (Å²) in [4.78, 5) is 29.8. The van der Waals surface area contributed by atoms with Crippen molar-refractivity contribution in [1.82, 2.24) is 10.3 Å². The second-order valence-electron chi connectivity index (χ2n) is 7.10. The minimum absolute atomic E-state index is 0.0466. The Bertz CT molecular complexity index is 972. The Morgan fingerprint density at radius 1 is 0.964 bits per heavy atom. The lowest BCUT2D eigenvalue weighted by Crippen LogP contribution is -2.33. The Labute approximate surface area is 163 Å². The van der Waals surface area contributed by atoms with Crippen molar-refractivity contribution in [3.8, 4) is 0 Å². The SMILES string of the molecule is O=C(Cc1c[nH]c2ccccc12)NCC(=O)Nc1ccc(N2CCCC2)cc1. The molecule has 1 aliphatic rings. The Kier molecular flexibility index (Phi) is 5.28. The minimum atomic E-state index is -0.235. The lowest BCUT2D eigenvalue weighted by atomic mass is 10.1. The predicted molar refractivity (Wildman–Crippen MR) is 112 cm³/mol. The molecule has 0 spiro atoms. The van der Waals surface area contributed by atoms with Crippen molar-refractivity contribution in [3.63, 3.8) is 0 Å². The highest BCUT2D eigenvalue weighted by Crippen LogP contribution is 2.22. The van der Waals surface area contributed by atoms with E-state index in [1.165, 1.54) is 18.5 Å². The van der Waals surface area contributed by atoms with Gasteiger partial charge in [-0.15, -0.1) is 0 Å². The van der Waals surface area contributed by atoms with Crippen molar-refractivity contribution in [1.29, 1.82) is 0 Å². The summed E-state index contributed by atoms with van der Waals surface area (Å²) in [7, 11) is 0. The highest BCUT2D eigenvalue weighted by atomic mass is 16.2. The number of aromatic amines is 1. The van der Waals surface area contributed by atoms with Crippen molar-refractivity contribution in [2.45, 2.75) is 19.3 Å². The second-order valence-corrected chi connectivity index (χ2v) is 7.10. The van der Waals surface area contributed by atoms with E-state index in [0.717, 1.165) is 35.2 Å². The quantitative estimate of drug-likeness (QED) is 0.619. The maximum absolute atomic E-state index is 12.2. The van der Waals surface area contributed by atoms with Crippen LogP contribution in [0.3, 0.4) is 0 Å². The van der Waals surface area contributed by atoms with Crippen LogP contribution < -0.4 is 15.5 Å². The molecule has 1 aliphatic heterocycles. The second kappa shape index (κ2) is 8.17. The molecule has 0 saturated carbocycles. The van der Waals surface area contributed by atoms with Gasteiger partial charge >= 0.3 is 0 Å². The summed E-state index contributed by atoms with van der Waals surface area (Å²) in [6.45, 7) is 2.14. The summed E-state index contributed by atoms with van der Waals surface area (Å²) in [5.41, 5.74) is 3.84. The number of aromatic nitrogens is 1. The Morgan fingerprint density at radius 2 is 1.71 bits per heavy atom. The molecule has 6 nitrogen and oxygen atoms in total. The smallest absolute Gasteiger partial charge is 0.243 e. The summed E-state index contributed by atoms with van der Waals surface area (Å²) < 4.78 is 0. The minimum Gasteiger partial charge on any atom is -0.372 e. The monoisotopic (exact) mass is 376 g/mol. The normalized spacial score (nSPS) is 13.6. The standard InChI is InChI=1S/C22H24N4O2/c27-21(13-16-14-23-20-6-2-1-5-19(16)20)24-15-22(28)25-17-7-9-18(10-8-17)26-11-3-4-12-26/h1-2,5-10,14,23H,3-4,11-13,15H2,(H,24,27)(H,25,28). The lowest BCUT2D eigenvalue weighted by molar-refractivity contribution is -0.123. The van der Waals surface area contributed by atoms with E-state index in [-0.39, 0.29) is 24.8 Å². The van der Waals surface area contributed by atoms with Crippen LogP contribution in [0.1, 0.15) is 18.4 Å². The zero-order chi connectivity index (χ0) is 19.3. The summed E-state index contributed by atoms with van der Waals surface area (Å²) in [6, 6.07) is 15.7. The van der Waals surface area contributed by atoms with Crippen molar-refractivity contribution < 1.29 is 9.59 Å². The fraction of sp³-hybridized carbons (Fsp3) is 0.273. The van der Waals surface area contributed by atoms with Gasteiger partial charge in [0.15, 0.2) is 0 Å². The number of anilines is 2. The van der Waals surface area contributed by atoms with E-state index in [1.807, 2.05) is 54.7 Å². The van der Waals surface area contributed by atoms with Crippen LogP contribution in [0.4, 0.5) is 11.4 Å². The van der Waals surface area contributed by atoms with E-state index in [9.17, 15) is 9.59 Å². The Hall–Kier alpha value is -3.28. The first kappa shape index (κ1) is 18.1. The van der Waals surface area contributed by atoms with Gasteiger partial charge in [0.2, 0.25) is 11.8 Å². The lowest BCUT2D eigenvalue weighted by Gasteiger charge is -2.17. The number of benzene rings is 2. The van der Waals surface area contributed by atoms with Crippen LogP contribution in [0, 0.1) is 0 Å². The number of H-pyrrole nitrogens is 1. The molecular weight excluding hydrogens is 352 g/mol. The number of nitrogens with one attached hydrogen (secondary N) is 3. The summed E-state index contributed by atoms with van der Waals surface area (Å²) >= 11 is 0. The largest absolute Gasteiger partial charge is 0.372 e. The average Bonchev–Trinajstić information content (AvgIpc) is 3.38. The van der Waals surface area contributed by atoms with E-state index in [1.54, 1.807) is 0 Å². The fourth-order valence-electron chi connectivity index (χ4n) is 3.63. The maximum atomic E-state index is 12.2. The number of amides is 2. The van der Waals surface area contributed by atoms with Crippen LogP contribution in [0.5, 0.6) is 0 Å². The molecule has 6 heteroatoms. The molecule has 3 aromatic rings. The molecular formula is C22H24N4O2. The first-order chi connectivity index (χ1) is 13.7. The molecule has 0 aliphatic carbocycles. The zero-order valence-electron chi connectivity index (χ0n) is 15.7. The highest BCUT2D eigenvalue weighted by Gasteiger charge is 2.13. The van der Waals surface area contributed by atoms with Gasteiger partial charge in [0.05, 0.1) is 13.0 Å². The van der Waals surface area contributed by atoms with Gasteiger partial charge in [-0.2, -0.15) is 0 Å². The molecule has 1 aromatic heterocycles. The van der Waals surface area contributed by atoms with Gasteiger partial charge < -0.3 is 20.5 Å². The number of carbonyl (C=O) groups is 2. The third-order valence-corrected chi connectivity index (χ3v) is 5.09. The van der Waals surface area contributed by atoms with Crippen LogP contribution in [-0.2, 0) is 16.0 Å². The maximum Gasteiger partial charge on any atom is 0.243 e. The number of fused-ring (bicyclic) bond motifs is 1. The number of para-hydroxylation sites is 1. The van der Waals surface area contributed by atoms with E-state index in [2.05, 4.69) is 20.5 Å². The van der Waals surface area contributed by atoms with Gasteiger partial charge in [-0.3, -0.25) is 9.59 Å². The van der Waals surface area contributed by atoms with Crippen LogP contribution in [-0.4, -0.2) is 36.4 Å². The molecule has 1 saturated heterocycles. The van der Waals surface area contributed by atoms with Gasteiger partial charge in [-0.1, -0.05) is 18.2 Å². The third kappa shape index (κ3) is 4.17. The molecule has 0 unspecified atom stereocenters. The van der Waals surface area contributed by atoms with E-state index in [4.69, 9.17) is 0 Å². The Balaban J connectivity index is 1.26. The molecule has 1 fully saturated rings. The first-order valence-electron chi connectivity index (χ1n) is 9.65. The molecule has 2 heterocycles. The van der Waals surface area contributed by atoms with Gasteiger partial charge in [0, 0.05) is 41.6 Å². The molecule has 4 rings (SSSR count). The van der Waals surface area contributed by atoms with Crippen molar-refractivity contribution in [2.75, 3.05) is 29.9 Å². The summed E-state index contributed by atoms with van der Waals surface area (Å²) in [5, 5.41) is 6.54. The molecule has 2 aromatic carbocycles. The molecule has 0 radical (unpaired) electrons. The number of hydrogen-bond donors (Lipinski definition) is 3. The van der Waals surface area contributed by atoms with Gasteiger partial charge in [-0.25, -0.2) is 0 Å². The average molecular weight is 376 g/mol. The zero-order valence-corrected chi connectivity index (χ0v) is 15.7. The van der Waals surface area contributed by atoms with Crippen molar-refractivity contribution >= 4 is 34.1 Å². The first-order valence-corrected chi connectivity index (χ1v) is 9.65. The number of nitrogens with zero attached hydrogens (tertiary/aromatic N) is 1.